The van der Waals surface area contributed by atoms with E-state index in [0.717, 1.165) is 60.8 Å². The van der Waals surface area contributed by atoms with E-state index in [1.807, 2.05) is 11.6 Å². The quantitative estimate of drug-likeness (QED) is 0.773. The maximum Gasteiger partial charge on any atom is 0.0860 e. The standard InChI is InChI=1S/C14H23Cl2N3/c1-3-19-13(14(16)11(2)17-19)10-18-8-4-5-12(9-18)6-7-15/h12H,3-10H2,1-2H3. The number of halogens is 2. The molecule has 0 saturated carbocycles. The topological polar surface area (TPSA) is 21.1 Å². The first-order chi connectivity index (χ1) is 9.15. The number of rotatable bonds is 5. The van der Waals surface area contributed by atoms with E-state index in [-0.39, 0.29) is 0 Å². The zero-order valence-corrected chi connectivity index (χ0v) is 13.3. The van der Waals surface area contributed by atoms with Crippen LogP contribution in [0, 0.1) is 12.8 Å². The first-order valence-corrected chi connectivity index (χ1v) is 8.07. The monoisotopic (exact) mass is 303 g/mol. The molecule has 0 radical (unpaired) electrons. The minimum atomic E-state index is 0.740. The number of alkyl halides is 1. The van der Waals surface area contributed by atoms with Crippen LogP contribution in [0.1, 0.15) is 37.6 Å². The summed E-state index contributed by atoms with van der Waals surface area (Å²) in [5.74, 6) is 1.51. The molecule has 5 heteroatoms. The van der Waals surface area contributed by atoms with Crippen LogP contribution >= 0.6 is 23.2 Å². The molecule has 1 fully saturated rings. The molecule has 0 N–H and O–H groups in total. The lowest BCUT2D eigenvalue weighted by molar-refractivity contribution is 0.161. The molecule has 0 spiro atoms. The molecule has 0 aliphatic carbocycles. The first kappa shape index (κ1) is 15.1. The van der Waals surface area contributed by atoms with E-state index in [1.54, 1.807) is 0 Å². The van der Waals surface area contributed by atoms with Crippen LogP contribution in [0.5, 0.6) is 0 Å². The van der Waals surface area contributed by atoms with Gasteiger partial charge >= 0.3 is 0 Å². The lowest BCUT2D eigenvalue weighted by atomic mass is 9.95. The maximum atomic E-state index is 6.38. The highest BCUT2D eigenvalue weighted by Crippen LogP contribution is 2.25. The number of aryl methyl sites for hydroxylation is 2. The second-order valence-corrected chi connectivity index (χ2v) is 6.14. The Morgan fingerprint density at radius 3 is 2.89 bits per heavy atom. The van der Waals surface area contributed by atoms with Gasteiger partial charge in [0.25, 0.3) is 0 Å². The van der Waals surface area contributed by atoms with E-state index in [4.69, 9.17) is 23.2 Å². The van der Waals surface area contributed by atoms with Crippen molar-refractivity contribution in [1.82, 2.24) is 14.7 Å². The van der Waals surface area contributed by atoms with Gasteiger partial charge in [-0.25, -0.2) is 0 Å². The summed E-state index contributed by atoms with van der Waals surface area (Å²) in [7, 11) is 0. The van der Waals surface area contributed by atoms with Crippen LogP contribution in [0.15, 0.2) is 0 Å². The number of nitrogens with zero attached hydrogens (tertiary/aromatic N) is 3. The summed E-state index contributed by atoms with van der Waals surface area (Å²) >= 11 is 12.2. The fourth-order valence-electron chi connectivity index (χ4n) is 2.92. The lowest BCUT2D eigenvalue weighted by Gasteiger charge is -2.32. The predicted molar refractivity (Wildman–Crippen MR) is 81.0 cm³/mol. The van der Waals surface area contributed by atoms with E-state index in [9.17, 15) is 0 Å². The molecule has 0 aromatic carbocycles. The molecule has 1 aromatic rings. The van der Waals surface area contributed by atoms with Crippen LogP contribution < -0.4 is 0 Å². The number of aromatic nitrogens is 2. The van der Waals surface area contributed by atoms with Gasteiger partial charge in [0.1, 0.15) is 0 Å². The van der Waals surface area contributed by atoms with Crippen molar-refractivity contribution in [1.29, 1.82) is 0 Å². The van der Waals surface area contributed by atoms with Crippen molar-refractivity contribution in [3.8, 4) is 0 Å². The Morgan fingerprint density at radius 2 is 2.21 bits per heavy atom. The van der Waals surface area contributed by atoms with Gasteiger partial charge in [0.15, 0.2) is 0 Å². The van der Waals surface area contributed by atoms with E-state index in [0.29, 0.717) is 0 Å². The Bertz CT molecular complexity index is 415. The molecule has 1 aliphatic heterocycles. The van der Waals surface area contributed by atoms with Crippen LogP contribution in [0.3, 0.4) is 0 Å². The summed E-state index contributed by atoms with van der Waals surface area (Å²) in [6.07, 6.45) is 3.69. The van der Waals surface area contributed by atoms with Crippen molar-refractivity contribution in [2.24, 2.45) is 5.92 Å². The lowest BCUT2D eigenvalue weighted by Crippen LogP contribution is -2.35. The van der Waals surface area contributed by atoms with Crippen molar-refractivity contribution in [3.63, 3.8) is 0 Å². The Hall–Kier alpha value is -0.250. The van der Waals surface area contributed by atoms with E-state index in [1.165, 1.54) is 12.8 Å². The molecule has 108 valence electrons. The average Bonchev–Trinajstić information content (AvgIpc) is 2.67. The molecule has 2 rings (SSSR count). The molecule has 1 aromatic heterocycles. The minimum Gasteiger partial charge on any atom is -0.297 e. The highest BCUT2D eigenvalue weighted by molar-refractivity contribution is 6.31. The highest BCUT2D eigenvalue weighted by atomic mass is 35.5. The SMILES string of the molecule is CCn1nc(C)c(Cl)c1CN1CCCC(CCCl)C1. The summed E-state index contributed by atoms with van der Waals surface area (Å²) in [4.78, 5) is 2.50. The van der Waals surface area contributed by atoms with Crippen LogP contribution in [0.25, 0.3) is 0 Å². The average molecular weight is 304 g/mol. The Balaban J connectivity index is 2.04. The van der Waals surface area contributed by atoms with Crippen molar-refractivity contribution >= 4 is 23.2 Å². The van der Waals surface area contributed by atoms with Gasteiger partial charge in [0.2, 0.25) is 0 Å². The second kappa shape index (κ2) is 6.96. The molecule has 1 aliphatic rings. The van der Waals surface area contributed by atoms with E-state index in [2.05, 4.69) is 16.9 Å². The smallest absolute Gasteiger partial charge is 0.0860 e. The minimum absolute atomic E-state index is 0.740. The fraction of sp³-hybridized carbons (Fsp3) is 0.786. The van der Waals surface area contributed by atoms with Gasteiger partial charge in [-0.1, -0.05) is 11.6 Å². The second-order valence-electron chi connectivity index (χ2n) is 5.38. The first-order valence-electron chi connectivity index (χ1n) is 7.15. The van der Waals surface area contributed by atoms with Gasteiger partial charge in [0.05, 0.1) is 16.4 Å². The van der Waals surface area contributed by atoms with Gasteiger partial charge in [-0.3, -0.25) is 9.58 Å². The predicted octanol–water partition coefficient (Wildman–Crippen LogP) is 3.71. The van der Waals surface area contributed by atoms with Gasteiger partial charge in [-0.05, 0) is 45.6 Å². The number of hydrogen-bond donors (Lipinski definition) is 0. The molecule has 19 heavy (non-hydrogen) atoms. The Labute approximate surface area is 125 Å². The highest BCUT2D eigenvalue weighted by Gasteiger charge is 2.22. The molecule has 2 heterocycles. The molecule has 1 saturated heterocycles. The normalized spacial score (nSPS) is 20.9. The largest absolute Gasteiger partial charge is 0.297 e. The molecule has 3 nitrogen and oxygen atoms in total. The third-order valence-corrected chi connectivity index (χ3v) is 4.66. The van der Waals surface area contributed by atoms with Crippen LogP contribution in [-0.2, 0) is 13.1 Å². The molecular weight excluding hydrogens is 281 g/mol. The van der Waals surface area contributed by atoms with Crippen molar-refractivity contribution in [2.75, 3.05) is 19.0 Å². The zero-order chi connectivity index (χ0) is 13.8. The molecule has 1 atom stereocenters. The summed E-state index contributed by atoms with van der Waals surface area (Å²) in [6.45, 7) is 8.16. The van der Waals surface area contributed by atoms with Crippen molar-refractivity contribution in [2.45, 2.75) is 46.2 Å². The van der Waals surface area contributed by atoms with E-state index >= 15 is 0 Å². The number of likely N-dealkylation sites (tertiary alicyclic amines) is 1. The fourth-order valence-corrected chi connectivity index (χ4v) is 3.42. The number of hydrogen-bond acceptors (Lipinski definition) is 2. The summed E-state index contributed by atoms with van der Waals surface area (Å²) < 4.78 is 2.03. The van der Waals surface area contributed by atoms with Gasteiger partial charge < -0.3 is 0 Å². The third-order valence-electron chi connectivity index (χ3n) is 3.95. The van der Waals surface area contributed by atoms with Gasteiger partial charge in [-0.15, -0.1) is 11.6 Å². The summed E-state index contributed by atoms with van der Waals surface area (Å²) in [5.41, 5.74) is 2.10. The van der Waals surface area contributed by atoms with Crippen molar-refractivity contribution in [3.05, 3.63) is 16.4 Å². The Morgan fingerprint density at radius 1 is 1.42 bits per heavy atom. The van der Waals surface area contributed by atoms with Crippen LogP contribution in [0.4, 0.5) is 0 Å². The van der Waals surface area contributed by atoms with Crippen molar-refractivity contribution < 1.29 is 0 Å². The molecule has 1 unspecified atom stereocenters. The molecular formula is C14H23Cl2N3. The van der Waals surface area contributed by atoms with Crippen LogP contribution in [0.2, 0.25) is 5.02 Å². The molecule has 0 amide bonds. The number of piperidine rings is 1. The zero-order valence-electron chi connectivity index (χ0n) is 11.8. The van der Waals surface area contributed by atoms with Gasteiger partial charge in [0, 0.05) is 25.5 Å². The van der Waals surface area contributed by atoms with Gasteiger partial charge in [-0.2, -0.15) is 5.10 Å². The Kier molecular flexibility index (Phi) is 5.55. The van der Waals surface area contributed by atoms with Crippen LogP contribution in [-0.4, -0.2) is 33.6 Å². The van der Waals surface area contributed by atoms with E-state index < -0.39 is 0 Å². The molecule has 0 bridgehead atoms. The maximum absolute atomic E-state index is 6.38. The summed E-state index contributed by atoms with van der Waals surface area (Å²) in [6, 6.07) is 0. The third kappa shape index (κ3) is 3.65. The summed E-state index contributed by atoms with van der Waals surface area (Å²) in [5, 5.41) is 5.32.